The molecule has 0 atom stereocenters. The van der Waals surface area contributed by atoms with Gasteiger partial charge < -0.3 is 11.1 Å². The lowest BCUT2D eigenvalue weighted by atomic mass is 10.0. The number of nitrogen functional groups attached to an aromatic ring is 1. The van der Waals surface area contributed by atoms with E-state index in [-0.39, 0.29) is 11.4 Å². The van der Waals surface area contributed by atoms with E-state index in [1.165, 1.54) is 0 Å². The van der Waals surface area contributed by atoms with Crippen LogP contribution >= 0.6 is 0 Å². The Morgan fingerprint density at radius 3 is 2.56 bits per heavy atom. The Hall–Kier alpha value is -1.52. The molecule has 90 valence electrons. The average molecular weight is 224 g/mol. The molecule has 1 rings (SSSR count). The lowest BCUT2D eigenvalue weighted by Crippen LogP contribution is -2.43. The second-order valence-electron chi connectivity index (χ2n) is 4.51. The van der Waals surface area contributed by atoms with Crippen molar-refractivity contribution < 1.29 is 4.79 Å². The first-order chi connectivity index (χ1) is 7.41. The molecule has 0 unspecified atom stereocenters. The number of nitrogens with two attached hydrogens (primary N) is 1. The quantitative estimate of drug-likeness (QED) is 0.724. The molecule has 1 amide bonds. The molecule has 5 heteroatoms. The van der Waals surface area contributed by atoms with E-state index in [0.29, 0.717) is 11.4 Å². The fraction of sp³-hybridized carbons (Fsp3) is 0.636. The fourth-order valence-corrected chi connectivity index (χ4v) is 1.28. The molecule has 1 aromatic heterocycles. The topological polar surface area (TPSA) is 83.8 Å². The number of carbonyl (C=O) groups excluding carboxylic acids is 1. The van der Waals surface area contributed by atoms with E-state index in [0.717, 1.165) is 18.5 Å². The molecular weight excluding hydrogens is 204 g/mol. The number of aryl methyl sites for hydroxylation is 1. The lowest BCUT2D eigenvalue weighted by Gasteiger charge is -2.23. The fourth-order valence-electron chi connectivity index (χ4n) is 1.28. The molecule has 0 aliphatic carbocycles. The van der Waals surface area contributed by atoms with Crippen LogP contribution in [0.3, 0.4) is 0 Å². The predicted molar refractivity (Wildman–Crippen MR) is 64.2 cm³/mol. The van der Waals surface area contributed by atoms with Crippen LogP contribution in [0.1, 0.15) is 50.3 Å². The predicted octanol–water partition coefficient (Wildman–Crippen LogP) is 1.47. The Balaban J connectivity index is 2.85. The van der Waals surface area contributed by atoms with Crippen LogP contribution in [0.25, 0.3) is 0 Å². The highest BCUT2D eigenvalue weighted by Gasteiger charge is 2.22. The summed E-state index contributed by atoms with van der Waals surface area (Å²) in [6, 6.07) is 0. The van der Waals surface area contributed by atoms with Crippen molar-refractivity contribution in [1.29, 1.82) is 0 Å². The minimum absolute atomic E-state index is 0.222. The highest BCUT2D eigenvalue weighted by molar-refractivity contribution is 5.98. The molecule has 5 nitrogen and oxygen atoms in total. The van der Waals surface area contributed by atoms with E-state index in [4.69, 9.17) is 5.73 Å². The van der Waals surface area contributed by atoms with Crippen molar-refractivity contribution in [1.82, 2.24) is 15.5 Å². The molecule has 0 radical (unpaired) electrons. The summed E-state index contributed by atoms with van der Waals surface area (Å²) in [6.45, 7) is 7.91. The molecular formula is C11H20N4O. The van der Waals surface area contributed by atoms with Gasteiger partial charge in [0.2, 0.25) is 0 Å². The van der Waals surface area contributed by atoms with Gasteiger partial charge >= 0.3 is 0 Å². The van der Waals surface area contributed by atoms with E-state index in [2.05, 4.69) is 15.5 Å². The number of hydrogen-bond acceptors (Lipinski definition) is 3. The van der Waals surface area contributed by atoms with Crippen molar-refractivity contribution in [3.05, 3.63) is 11.4 Å². The van der Waals surface area contributed by atoms with Gasteiger partial charge in [0.1, 0.15) is 0 Å². The standard InChI is InChI=1S/C11H20N4O/c1-5-7-8(12)9(15-14-7)10(16)13-11(3,4)6-2/h5-6,12H2,1-4H3,(H,13,16)(H,14,15). The van der Waals surface area contributed by atoms with Crippen molar-refractivity contribution in [2.24, 2.45) is 0 Å². The van der Waals surface area contributed by atoms with E-state index >= 15 is 0 Å². The minimum Gasteiger partial charge on any atom is -0.395 e. The van der Waals surface area contributed by atoms with Crippen molar-refractivity contribution >= 4 is 11.6 Å². The van der Waals surface area contributed by atoms with E-state index in [1.54, 1.807) is 0 Å². The van der Waals surface area contributed by atoms with Crippen LogP contribution in [0.15, 0.2) is 0 Å². The summed E-state index contributed by atoms with van der Waals surface area (Å²) >= 11 is 0. The molecule has 0 saturated heterocycles. The highest BCUT2D eigenvalue weighted by Crippen LogP contribution is 2.16. The summed E-state index contributed by atoms with van der Waals surface area (Å²) in [5.41, 5.74) is 7.13. The number of H-pyrrole nitrogens is 1. The van der Waals surface area contributed by atoms with E-state index in [9.17, 15) is 4.79 Å². The Bertz CT molecular complexity index is 381. The van der Waals surface area contributed by atoms with Gasteiger partial charge in [0.05, 0.1) is 11.4 Å². The van der Waals surface area contributed by atoms with Crippen LogP contribution in [0.5, 0.6) is 0 Å². The number of anilines is 1. The molecule has 0 aliphatic heterocycles. The summed E-state index contributed by atoms with van der Waals surface area (Å²) in [6.07, 6.45) is 1.59. The third-order valence-corrected chi connectivity index (χ3v) is 2.79. The van der Waals surface area contributed by atoms with Gasteiger partial charge in [0.15, 0.2) is 5.69 Å². The Labute approximate surface area is 95.8 Å². The second-order valence-corrected chi connectivity index (χ2v) is 4.51. The van der Waals surface area contributed by atoms with Gasteiger partial charge in [-0.3, -0.25) is 9.89 Å². The Morgan fingerprint density at radius 1 is 1.50 bits per heavy atom. The maximum absolute atomic E-state index is 11.9. The average Bonchev–Trinajstić information content (AvgIpc) is 2.59. The Kier molecular flexibility index (Phi) is 3.57. The number of aromatic nitrogens is 2. The van der Waals surface area contributed by atoms with Crippen LogP contribution in [-0.4, -0.2) is 21.6 Å². The third kappa shape index (κ3) is 2.53. The van der Waals surface area contributed by atoms with Crippen LogP contribution in [0.2, 0.25) is 0 Å². The summed E-state index contributed by atoms with van der Waals surface area (Å²) < 4.78 is 0. The second kappa shape index (κ2) is 4.55. The van der Waals surface area contributed by atoms with E-state index in [1.807, 2.05) is 27.7 Å². The molecule has 1 heterocycles. The van der Waals surface area contributed by atoms with E-state index < -0.39 is 0 Å². The molecule has 0 bridgehead atoms. The minimum atomic E-state index is -0.241. The van der Waals surface area contributed by atoms with Gasteiger partial charge in [-0.1, -0.05) is 13.8 Å². The number of nitrogens with one attached hydrogen (secondary N) is 2. The first-order valence-electron chi connectivity index (χ1n) is 5.56. The largest absolute Gasteiger partial charge is 0.395 e. The lowest BCUT2D eigenvalue weighted by molar-refractivity contribution is 0.0907. The molecule has 4 N–H and O–H groups in total. The first-order valence-corrected chi connectivity index (χ1v) is 5.56. The summed E-state index contributed by atoms with van der Waals surface area (Å²) in [7, 11) is 0. The maximum Gasteiger partial charge on any atom is 0.274 e. The summed E-state index contributed by atoms with van der Waals surface area (Å²) in [4.78, 5) is 11.9. The molecule has 0 spiro atoms. The zero-order valence-electron chi connectivity index (χ0n) is 10.3. The molecule has 0 saturated carbocycles. The maximum atomic E-state index is 11.9. The Morgan fingerprint density at radius 2 is 2.12 bits per heavy atom. The monoisotopic (exact) mass is 224 g/mol. The van der Waals surface area contributed by atoms with Crippen molar-refractivity contribution in [3.63, 3.8) is 0 Å². The zero-order valence-corrected chi connectivity index (χ0v) is 10.3. The van der Waals surface area contributed by atoms with Crippen LogP contribution in [0.4, 0.5) is 5.69 Å². The molecule has 0 aliphatic rings. The van der Waals surface area contributed by atoms with Crippen LogP contribution in [-0.2, 0) is 6.42 Å². The summed E-state index contributed by atoms with van der Waals surface area (Å²) in [5.74, 6) is -0.222. The number of amides is 1. The smallest absolute Gasteiger partial charge is 0.274 e. The first kappa shape index (κ1) is 12.5. The van der Waals surface area contributed by atoms with Gasteiger partial charge in [-0.25, -0.2) is 0 Å². The van der Waals surface area contributed by atoms with Crippen molar-refractivity contribution in [2.75, 3.05) is 5.73 Å². The molecule has 1 aromatic rings. The van der Waals surface area contributed by atoms with Gasteiger partial charge in [-0.05, 0) is 26.7 Å². The normalized spacial score (nSPS) is 11.5. The van der Waals surface area contributed by atoms with Crippen molar-refractivity contribution in [3.8, 4) is 0 Å². The van der Waals surface area contributed by atoms with Gasteiger partial charge in [-0.2, -0.15) is 5.10 Å². The summed E-state index contributed by atoms with van der Waals surface area (Å²) in [5, 5.41) is 9.61. The molecule has 0 aromatic carbocycles. The molecule has 16 heavy (non-hydrogen) atoms. The van der Waals surface area contributed by atoms with Gasteiger partial charge in [-0.15, -0.1) is 0 Å². The number of nitrogens with zero attached hydrogens (tertiary/aromatic N) is 1. The van der Waals surface area contributed by atoms with Crippen LogP contribution < -0.4 is 11.1 Å². The van der Waals surface area contributed by atoms with Gasteiger partial charge in [0.25, 0.3) is 5.91 Å². The highest BCUT2D eigenvalue weighted by atomic mass is 16.2. The van der Waals surface area contributed by atoms with Gasteiger partial charge in [0, 0.05) is 5.54 Å². The third-order valence-electron chi connectivity index (χ3n) is 2.79. The number of rotatable bonds is 4. The van der Waals surface area contributed by atoms with Crippen LogP contribution in [0, 0.1) is 0 Å². The van der Waals surface area contributed by atoms with Crippen molar-refractivity contribution in [2.45, 2.75) is 46.1 Å². The number of carbonyl (C=O) groups is 1. The number of hydrogen-bond donors (Lipinski definition) is 3. The zero-order chi connectivity index (χ0) is 12.3. The molecule has 0 fully saturated rings. The SMILES string of the molecule is CCc1[nH]nc(C(=O)NC(C)(C)CC)c1N. The number of aromatic amines is 1.